The minimum Gasteiger partial charge on any atom is -0.465 e. The van der Waals surface area contributed by atoms with Crippen LogP contribution in [0.5, 0.6) is 0 Å². The van der Waals surface area contributed by atoms with Crippen LogP contribution in [0.1, 0.15) is 24.8 Å². The van der Waals surface area contributed by atoms with Crippen molar-refractivity contribution in [2.75, 3.05) is 13.2 Å². The lowest BCUT2D eigenvalue weighted by Gasteiger charge is -2.08. The molecule has 0 N–H and O–H groups in total. The van der Waals surface area contributed by atoms with Crippen molar-refractivity contribution in [3.63, 3.8) is 0 Å². The zero-order chi connectivity index (χ0) is 12.1. The van der Waals surface area contributed by atoms with Gasteiger partial charge in [-0.1, -0.05) is 0 Å². The molecule has 0 aromatic carbocycles. The normalized spacial score (nSPS) is 14.4. The van der Waals surface area contributed by atoms with Crippen molar-refractivity contribution < 1.29 is 23.2 Å². The number of hydrogen-bond acceptors (Lipinski definition) is 4. The molecule has 70 valence electrons. The van der Waals surface area contributed by atoms with Crippen LogP contribution in [0.25, 0.3) is 0 Å². The van der Waals surface area contributed by atoms with Gasteiger partial charge in [-0.15, -0.1) is 0 Å². The van der Waals surface area contributed by atoms with E-state index in [0.717, 1.165) is 0 Å². The second kappa shape index (κ2) is 5.57. The van der Waals surface area contributed by atoms with Crippen LogP contribution in [0.4, 0.5) is 0 Å². The Bertz CT molecular complexity index is 219. The van der Waals surface area contributed by atoms with E-state index >= 15 is 0 Å². The summed E-state index contributed by atoms with van der Waals surface area (Å²) in [6, 6.07) is 0. The highest BCUT2D eigenvalue weighted by atomic mass is 16.6. The molecule has 0 aliphatic rings. The van der Waals surface area contributed by atoms with E-state index in [9.17, 15) is 9.59 Å². The predicted molar refractivity (Wildman–Crippen MR) is 42.4 cm³/mol. The molecule has 0 fully saturated rings. The first-order chi connectivity index (χ1) is 6.84. The van der Waals surface area contributed by atoms with E-state index in [4.69, 9.17) is 4.11 Å². The molecule has 0 saturated carbocycles. The quantitative estimate of drug-likeness (QED) is 0.469. The van der Waals surface area contributed by atoms with E-state index in [-0.39, 0.29) is 13.2 Å². The minimum absolute atomic E-state index is 0.0187. The third-order valence-electron chi connectivity index (χ3n) is 1.04. The summed E-state index contributed by atoms with van der Waals surface area (Å²) >= 11 is 0. The smallest absolute Gasteiger partial charge is 0.320 e. The zero-order valence-electron chi connectivity index (χ0n) is 10.1. The number of hydrogen-bond donors (Lipinski definition) is 0. The molecule has 0 rings (SSSR count). The zero-order valence-corrected chi connectivity index (χ0v) is 7.12. The van der Waals surface area contributed by atoms with Crippen LogP contribution in [-0.4, -0.2) is 25.2 Å². The van der Waals surface area contributed by atoms with Crippen molar-refractivity contribution >= 4 is 11.9 Å². The SMILES string of the molecule is [2H]C([2H])([2H])C(C(=O)OCC)C(=O)OCC. The standard InChI is InChI=1S/C8H14O4/c1-4-11-7(9)6(3)8(10)12-5-2/h6H,4-5H2,1-3H3/i3D3. The number of carbonyl (C=O) groups excluding carboxylic acids is 2. The summed E-state index contributed by atoms with van der Waals surface area (Å²) in [7, 11) is 0. The van der Waals surface area contributed by atoms with Gasteiger partial charge in [-0.25, -0.2) is 0 Å². The molecule has 0 radical (unpaired) electrons. The predicted octanol–water partition coefficient (Wildman–Crippen LogP) is 0.749. The molecule has 0 amide bonds. The first-order valence-electron chi connectivity index (χ1n) is 5.17. The molecule has 0 aliphatic carbocycles. The van der Waals surface area contributed by atoms with E-state index in [1.165, 1.54) is 13.8 Å². The third kappa shape index (κ3) is 3.37. The Morgan fingerprint density at radius 1 is 1.25 bits per heavy atom. The largest absolute Gasteiger partial charge is 0.465 e. The lowest BCUT2D eigenvalue weighted by Crippen LogP contribution is -2.25. The Morgan fingerprint density at radius 3 is 1.92 bits per heavy atom. The highest BCUT2D eigenvalue weighted by molar-refractivity contribution is 5.94. The van der Waals surface area contributed by atoms with Gasteiger partial charge in [-0.2, -0.15) is 0 Å². The summed E-state index contributed by atoms with van der Waals surface area (Å²) in [5.74, 6) is -4.00. The molecular formula is C8H14O4. The molecule has 0 saturated heterocycles. The lowest BCUT2D eigenvalue weighted by atomic mass is 10.2. The van der Waals surface area contributed by atoms with Crippen LogP contribution in [0, 0.1) is 5.92 Å². The Labute approximate surface area is 76.1 Å². The molecule has 12 heavy (non-hydrogen) atoms. The van der Waals surface area contributed by atoms with Crippen molar-refractivity contribution in [1.82, 2.24) is 0 Å². The highest BCUT2D eigenvalue weighted by Gasteiger charge is 2.23. The van der Waals surface area contributed by atoms with Gasteiger partial charge in [0.1, 0.15) is 0 Å². The fourth-order valence-corrected chi connectivity index (χ4v) is 0.547. The van der Waals surface area contributed by atoms with E-state index in [1.807, 2.05) is 0 Å². The number of ether oxygens (including phenoxy) is 2. The van der Waals surface area contributed by atoms with Crippen molar-refractivity contribution in [3.05, 3.63) is 0 Å². The molecular weight excluding hydrogens is 160 g/mol. The summed E-state index contributed by atoms with van der Waals surface area (Å²) in [5, 5.41) is 0. The van der Waals surface area contributed by atoms with Crippen LogP contribution in [-0.2, 0) is 19.1 Å². The maximum atomic E-state index is 11.2. The fourth-order valence-electron chi connectivity index (χ4n) is 0.547. The number of rotatable bonds is 4. The van der Waals surface area contributed by atoms with Crippen molar-refractivity contribution in [2.45, 2.75) is 20.7 Å². The molecule has 0 aromatic heterocycles. The molecule has 0 atom stereocenters. The Hall–Kier alpha value is -1.06. The maximum Gasteiger partial charge on any atom is 0.320 e. The van der Waals surface area contributed by atoms with Gasteiger partial charge >= 0.3 is 11.9 Å². The molecule has 4 heteroatoms. The van der Waals surface area contributed by atoms with Crippen LogP contribution in [0.3, 0.4) is 0 Å². The van der Waals surface area contributed by atoms with Crippen molar-refractivity contribution in [1.29, 1.82) is 0 Å². The second-order valence-corrected chi connectivity index (χ2v) is 1.94. The van der Waals surface area contributed by atoms with Gasteiger partial charge in [0, 0.05) is 4.11 Å². The molecule has 0 aliphatic heterocycles. The Morgan fingerprint density at radius 2 is 1.67 bits per heavy atom. The lowest BCUT2D eigenvalue weighted by molar-refractivity contribution is -0.160. The van der Waals surface area contributed by atoms with Gasteiger partial charge < -0.3 is 9.47 Å². The molecule has 0 aromatic rings. The van der Waals surface area contributed by atoms with E-state index in [0.29, 0.717) is 0 Å². The molecule has 0 heterocycles. The molecule has 0 spiro atoms. The van der Waals surface area contributed by atoms with Crippen molar-refractivity contribution in [2.24, 2.45) is 5.92 Å². The summed E-state index contributed by atoms with van der Waals surface area (Å²) in [6.07, 6.45) is 0. The summed E-state index contributed by atoms with van der Waals surface area (Å²) in [4.78, 5) is 22.4. The Kier molecular flexibility index (Phi) is 3.00. The molecule has 0 unspecified atom stereocenters. The average Bonchev–Trinajstić information content (AvgIpc) is 2.01. The first-order valence-corrected chi connectivity index (χ1v) is 3.67. The average molecular weight is 177 g/mol. The summed E-state index contributed by atoms with van der Waals surface area (Å²) in [6.45, 7) is 0.355. The van der Waals surface area contributed by atoms with Gasteiger partial charge in [0.15, 0.2) is 5.92 Å². The van der Waals surface area contributed by atoms with Crippen LogP contribution in [0.15, 0.2) is 0 Å². The van der Waals surface area contributed by atoms with Crippen LogP contribution in [0.2, 0.25) is 0 Å². The van der Waals surface area contributed by atoms with E-state index < -0.39 is 24.7 Å². The second-order valence-electron chi connectivity index (χ2n) is 1.94. The number of carbonyl (C=O) groups is 2. The van der Waals surface area contributed by atoms with E-state index in [2.05, 4.69) is 9.47 Å². The van der Waals surface area contributed by atoms with Gasteiger partial charge in [-0.3, -0.25) is 9.59 Å². The van der Waals surface area contributed by atoms with Gasteiger partial charge in [0.25, 0.3) is 0 Å². The molecule has 0 bridgehead atoms. The molecule has 4 nitrogen and oxygen atoms in total. The topological polar surface area (TPSA) is 52.6 Å². The highest BCUT2D eigenvalue weighted by Crippen LogP contribution is 2.01. The third-order valence-corrected chi connectivity index (χ3v) is 1.04. The fraction of sp³-hybridized carbons (Fsp3) is 0.750. The van der Waals surface area contributed by atoms with Gasteiger partial charge in [0.2, 0.25) is 0 Å². The van der Waals surface area contributed by atoms with E-state index in [1.54, 1.807) is 0 Å². The summed E-state index contributed by atoms with van der Waals surface area (Å²) < 4.78 is 30.1. The minimum atomic E-state index is -2.74. The van der Waals surface area contributed by atoms with Crippen LogP contribution >= 0.6 is 0 Å². The first kappa shape index (κ1) is 6.46. The van der Waals surface area contributed by atoms with Crippen LogP contribution < -0.4 is 0 Å². The summed E-state index contributed by atoms with van der Waals surface area (Å²) in [5.41, 5.74) is 0. The number of esters is 2. The monoisotopic (exact) mass is 177 g/mol. The van der Waals surface area contributed by atoms with Gasteiger partial charge in [-0.05, 0) is 20.7 Å². The van der Waals surface area contributed by atoms with Crippen molar-refractivity contribution in [3.8, 4) is 0 Å². The maximum absolute atomic E-state index is 11.2. The van der Waals surface area contributed by atoms with Gasteiger partial charge in [0.05, 0.1) is 13.2 Å². The Balaban J connectivity index is 4.74.